The average Bonchev–Trinajstić information content (AvgIpc) is 3.21. The lowest BCUT2D eigenvalue weighted by Crippen LogP contribution is -2.60. The molecule has 3 aromatic carbocycles. The second-order valence-corrected chi connectivity index (χ2v) is 13.9. The van der Waals surface area contributed by atoms with Gasteiger partial charge in [0.15, 0.2) is 23.0 Å². The summed E-state index contributed by atoms with van der Waals surface area (Å²) >= 11 is 0. The summed E-state index contributed by atoms with van der Waals surface area (Å²) in [7, 11) is 0. The lowest BCUT2D eigenvalue weighted by molar-refractivity contribution is -0.296. The molecule has 3 aliphatic heterocycles. The Kier molecular flexibility index (Phi) is 13.4. The van der Waals surface area contributed by atoms with E-state index in [0.29, 0.717) is 5.56 Å². The van der Waals surface area contributed by atoms with Crippen LogP contribution in [-0.2, 0) is 38.1 Å². The first-order valence-electron chi connectivity index (χ1n) is 18.2. The van der Waals surface area contributed by atoms with E-state index in [0.717, 1.165) is 30.3 Å². The van der Waals surface area contributed by atoms with E-state index in [1.807, 2.05) is 0 Å². The van der Waals surface area contributed by atoms with Gasteiger partial charge in [0.05, 0.1) is 11.6 Å². The van der Waals surface area contributed by atoms with E-state index in [1.165, 1.54) is 36.4 Å². The number of phenolic OH excluding ortho intramolecular Hbond substituents is 5. The number of aliphatic hydroxyl groups excluding tert-OH is 6. The molecule has 13 N–H and O–H groups in total. The third-order valence-corrected chi connectivity index (χ3v) is 9.57. The number of hydrogen-bond acceptors (Lipinski definition) is 20. The zero-order chi connectivity index (χ0) is 44.3. The molecule has 0 aromatic heterocycles. The molecule has 22 heteroatoms. The molecule has 61 heavy (non-hydrogen) atoms. The topological polar surface area (TPSA) is 362 Å². The minimum Gasteiger partial charge on any atom is -0.571 e. The SMILES string of the molecule is O=C(O)CC(=O)OC[C@@H]1O[C@@H](Oc2cc(O)cc3c2C=C(O[C@@H]2O[C@H](COC(=O)/C=C/c4ccc(O)cc4)[C@@H](O)[C@H](O)[C@@H]2O)C(c2cc(O)c(O)c(O)c2)[OH+]3)[C@@H](O)[C@@H](O)[C@@H]1O. The van der Waals surface area contributed by atoms with E-state index in [9.17, 15) is 70.6 Å². The Morgan fingerprint density at radius 2 is 1.26 bits per heavy atom. The van der Waals surface area contributed by atoms with Gasteiger partial charge in [0.1, 0.15) is 91.3 Å². The second kappa shape index (κ2) is 18.5. The molecule has 22 nitrogen and oxygen atoms in total. The van der Waals surface area contributed by atoms with Crippen molar-refractivity contribution in [1.29, 1.82) is 0 Å². The summed E-state index contributed by atoms with van der Waals surface area (Å²) in [4.78, 5) is 35.2. The lowest BCUT2D eigenvalue weighted by atomic mass is 9.98. The number of carboxylic acid groups (broad SMARTS) is 1. The van der Waals surface area contributed by atoms with Gasteiger partial charge in [-0.15, -0.1) is 0 Å². The molecule has 0 spiro atoms. The van der Waals surface area contributed by atoms with Gasteiger partial charge < -0.3 is 94.4 Å². The lowest BCUT2D eigenvalue weighted by Gasteiger charge is -2.41. The maximum atomic E-state index is 12.5. The fourth-order valence-corrected chi connectivity index (χ4v) is 6.37. The fourth-order valence-electron chi connectivity index (χ4n) is 6.37. The van der Waals surface area contributed by atoms with Crippen LogP contribution in [0.25, 0.3) is 12.2 Å². The Bertz CT molecular complexity index is 2130. The van der Waals surface area contributed by atoms with Crippen molar-refractivity contribution in [2.45, 2.75) is 73.9 Å². The summed E-state index contributed by atoms with van der Waals surface area (Å²) in [6.45, 7) is -1.45. The number of carbonyl (C=O) groups is 3. The maximum Gasteiger partial charge on any atom is 0.330 e. The number of ether oxygens (including phenoxy) is 7. The largest absolute Gasteiger partial charge is 0.571 e. The smallest absolute Gasteiger partial charge is 0.330 e. The van der Waals surface area contributed by atoms with Gasteiger partial charge in [-0.3, -0.25) is 9.59 Å². The molecule has 3 aliphatic rings. The van der Waals surface area contributed by atoms with Crippen molar-refractivity contribution in [3.05, 3.63) is 77.1 Å². The first-order chi connectivity index (χ1) is 28.9. The van der Waals surface area contributed by atoms with Gasteiger partial charge in [-0.05, 0) is 35.9 Å². The van der Waals surface area contributed by atoms with Gasteiger partial charge >= 0.3 is 17.9 Å². The second-order valence-electron chi connectivity index (χ2n) is 13.9. The average molecular weight is 862 g/mol. The predicted octanol–water partition coefficient (Wildman–Crippen LogP) is -1.16. The van der Waals surface area contributed by atoms with Crippen LogP contribution in [0, 0.1) is 0 Å². The zero-order valence-corrected chi connectivity index (χ0v) is 31.3. The van der Waals surface area contributed by atoms with E-state index in [1.54, 1.807) is 0 Å². The summed E-state index contributed by atoms with van der Waals surface area (Å²) in [5.41, 5.74) is 0.418. The Morgan fingerprint density at radius 3 is 1.85 bits per heavy atom. The molecule has 0 bridgehead atoms. The number of carboxylic acids is 1. The van der Waals surface area contributed by atoms with Crippen LogP contribution in [0.2, 0.25) is 0 Å². The van der Waals surface area contributed by atoms with Crippen molar-refractivity contribution in [2.24, 2.45) is 0 Å². The Morgan fingerprint density at radius 1 is 0.689 bits per heavy atom. The van der Waals surface area contributed by atoms with E-state index in [4.69, 9.17) is 33.5 Å². The number of aromatic hydroxyl groups is 6. The van der Waals surface area contributed by atoms with Gasteiger partial charge in [0, 0.05) is 18.2 Å². The number of esters is 2. The van der Waals surface area contributed by atoms with Crippen molar-refractivity contribution < 1.29 is 109 Å². The standard InChI is InChI=1S/C39H40O22/c40-17-4-1-15(2-5-17)3-6-28(46)55-13-25-31(49)34(52)36(54)39(61-25)59-24-11-19-22(57-37(24)16-7-20(42)30(48)21(43)8-16)9-18(41)10-23(19)58-38-35(53)33(51)32(50)26(60-38)14-56-29(47)12-27(44)45/h1-11,25-26,31-43,48-54H,12-14H2,(H,44,45)/p+1/b6-3+/t25-,26+,31-,32-,33+,34+,35+,36+,37?,38-,39-/m1/s1. The first-order valence-corrected chi connectivity index (χ1v) is 18.2. The summed E-state index contributed by atoms with van der Waals surface area (Å²) in [6, 6.07) is 9.99. The van der Waals surface area contributed by atoms with Crippen LogP contribution >= 0.6 is 0 Å². The summed E-state index contributed by atoms with van der Waals surface area (Å²) in [5.74, 6) is -7.29. The van der Waals surface area contributed by atoms with Crippen LogP contribution in [-0.4, -0.2) is 159 Å². The third-order valence-electron chi connectivity index (χ3n) is 9.57. The number of aliphatic hydroxyl groups is 7. The van der Waals surface area contributed by atoms with Crippen LogP contribution in [0.4, 0.5) is 0 Å². The van der Waals surface area contributed by atoms with Crippen LogP contribution < -0.4 is 4.74 Å². The summed E-state index contributed by atoms with van der Waals surface area (Å²) < 4.78 is 37.8. The highest BCUT2D eigenvalue weighted by Crippen LogP contribution is 2.48. The first kappa shape index (κ1) is 44.2. The van der Waals surface area contributed by atoms with Gasteiger partial charge in [-0.1, -0.05) is 12.1 Å². The molecule has 2 fully saturated rings. The van der Waals surface area contributed by atoms with E-state index >= 15 is 0 Å². The molecule has 0 saturated carbocycles. The Hall–Kier alpha value is -6.37. The Balaban J connectivity index is 1.28. The predicted molar refractivity (Wildman–Crippen MR) is 198 cm³/mol. The molecule has 328 valence electrons. The van der Waals surface area contributed by atoms with Gasteiger partial charge in [0.25, 0.3) is 11.9 Å². The molecule has 0 amide bonds. The minimum atomic E-state index is -1.99. The summed E-state index contributed by atoms with van der Waals surface area (Å²) in [5, 5.41) is 124. The molecule has 0 radical (unpaired) electrons. The molecule has 11 atom stereocenters. The number of rotatable bonds is 13. The van der Waals surface area contributed by atoms with Crippen molar-refractivity contribution in [2.75, 3.05) is 13.2 Å². The van der Waals surface area contributed by atoms with Gasteiger partial charge in [0.2, 0.25) is 12.6 Å². The molecule has 6 rings (SSSR count). The van der Waals surface area contributed by atoms with Gasteiger partial charge in [-0.2, -0.15) is 0 Å². The van der Waals surface area contributed by atoms with Crippen LogP contribution in [0.3, 0.4) is 0 Å². The van der Waals surface area contributed by atoms with Crippen molar-refractivity contribution in [3.8, 4) is 40.2 Å². The zero-order valence-electron chi connectivity index (χ0n) is 31.3. The highest BCUT2D eigenvalue weighted by Gasteiger charge is 2.49. The quantitative estimate of drug-likeness (QED) is 0.0317. The molecular formula is C39H41O22+. The van der Waals surface area contributed by atoms with E-state index in [2.05, 4.69) is 4.74 Å². The number of phenols is 5. The molecule has 1 unspecified atom stereocenters. The highest BCUT2D eigenvalue weighted by atomic mass is 16.7. The van der Waals surface area contributed by atoms with Crippen molar-refractivity contribution in [1.82, 2.24) is 0 Å². The maximum absolute atomic E-state index is 12.5. The van der Waals surface area contributed by atoms with E-state index < -0.39 is 128 Å². The third kappa shape index (κ3) is 10.2. The van der Waals surface area contributed by atoms with Crippen LogP contribution in [0.1, 0.15) is 29.2 Å². The molecule has 3 aromatic rings. The number of aliphatic carboxylic acids is 1. The number of carbonyl (C=O) groups excluding carboxylic acids is 2. The van der Waals surface area contributed by atoms with Crippen LogP contribution in [0.15, 0.2) is 60.4 Å². The number of benzene rings is 3. The molecular weight excluding hydrogens is 820 g/mol. The minimum absolute atomic E-state index is 0.00578. The molecule has 2 saturated heterocycles. The van der Waals surface area contributed by atoms with Crippen molar-refractivity contribution in [3.63, 3.8) is 0 Å². The molecule has 3 heterocycles. The number of hydrogen-bond donors (Lipinski definition) is 12. The van der Waals surface area contributed by atoms with Crippen molar-refractivity contribution >= 4 is 30.1 Å². The fraction of sp³-hybridized carbons (Fsp3) is 0.359. The number of fused-ring (bicyclic) bond motifs is 1. The van der Waals surface area contributed by atoms with Crippen LogP contribution in [0.5, 0.6) is 40.2 Å². The van der Waals surface area contributed by atoms with E-state index in [-0.39, 0.29) is 34.1 Å². The highest BCUT2D eigenvalue weighted by molar-refractivity contribution is 5.90. The Labute approximate surface area is 343 Å². The normalized spacial score (nSPS) is 28.5. The molecule has 0 aliphatic carbocycles. The van der Waals surface area contributed by atoms with Gasteiger partial charge in [-0.25, -0.2) is 4.79 Å². The monoisotopic (exact) mass is 861 g/mol. The summed E-state index contributed by atoms with van der Waals surface area (Å²) in [6.07, 6.45) is -17.2.